The molecular weight excluding hydrogens is 354 g/mol. The van der Waals surface area contributed by atoms with Gasteiger partial charge in [0.15, 0.2) is 0 Å². The zero-order chi connectivity index (χ0) is 20.1. The second-order valence-corrected chi connectivity index (χ2v) is 13.3. The second kappa shape index (κ2) is 6.47. The molecule has 29 heavy (non-hydrogen) atoms. The Bertz CT molecular complexity index is 663. The summed E-state index contributed by atoms with van der Waals surface area (Å²) in [6.45, 7) is 11.9. The summed E-state index contributed by atoms with van der Waals surface area (Å²) in [5, 5.41) is 10.3. The standard InChI is InChI=1S/C27H45NO/c1-16-5-8-23-17(2)25-24(28(23)15-16)14-22-20-7-6-18-13-19(29)9-11-26(18,3)21(20)10-12-27(22,25)4/h16-25,29H,5-15H2,1-4H3/t16-,17+,18-,19-,20+,21-,22-,23-,24-,25-,26-,27-/m0/s1. The molecule has 6 fully saturated rings. The first-order chi connectivity index (χ1) is 13.8. The van der Waals surface area contributed by atoms with Crippen LogP contribution in [0, 0.1) is 52.3 Å². The van der Waals surface area contributed by atoms with Crippen LogP contribution >= 0.6 is 0 Å². The monoisotopic (exact) mass is 399 g/mol. The lowest BCUT2D eigenvalue weighted by molar-refractivity contribution is -0.129. The molecule has 0 bridgehead atoms. The van der Waals surface area contributed by atoms with Gasteiger partial charge in [-0.05, 0) is 116 Å². The summed E-state index contributed by atoms with van der Waals surface area (Å²) < 4.78 is 0. The number of fused-ring (bicyclic) bond motifs is 9. The number of hydrogen-bond acceptors (Lipinski definition) is 2. The molecule has 4 saturated carbocycles. The summed E-state index contributed by atoms with van der Waals surface area (Å²) in [5.41, 5.74) is 1.12. The molecule has 0 aromatic carbocycles. The van der Waals surface area contributed by atoms with Gasteiger partial charge in [-0.25, -0.2) is 0 Å². The first kappa shape index (κ1) is 19.6. The van der Waals surface area contributed by atoms with Crippen molar-refractivity contribution in [1.82, 2.24) is 4.90 Å². The molecule has 4 aliphatic carbocycles. The number of nitrogens with zero attached hydrogens (tertiary/aromatic N) is 1. The fraction of sp³-hybridized carbons (Fsp3) is 1.00. The Morgan fingerprint density at radius 1 is 0.793 bits per heavy atom. The van der Waals surface area contributed by atoms with Gasteiger partial charge in [0.25, 0.3) is 0 Å². The van der Waals surface area contributed by atoms with E-state index in [9.17, 15) is 5.11 Å². The summed E-state index contributed by atoms with van der Waals surface area (Å²) in [6.07, 6.45) is 13.7. The lowest BCUT2D eigenvalue weighted by Crippen LogP contribution is -2.54. The highest BCUT2D eigenvalue weighted by molar-refractivity contribution is 5.17. The van der Waals surface area contributed by atoms with Gasteiger partial charge in [0, 0.05) is 18.6 Å². The van der Waals surface area contributed by atoms with Crippen molar-refractivity contribution in [2.75, 3.05) is 6.54 Å². The van der Waals surface area contributed by atoms with Crippen molar-refractivity contribution in [1.29, 1.82) is 0 Å². The average molecular weight is 400 g/mol. The van der Waals surface area contributed by atoms with E-state index in [0.29, 0.717) is 10.8 Å². The van der Waals surface area contributed by atoms with Crippen LogP contribution in [0.25, 0.3) is 0 Å². The predicted molar refractivity (Wildman–Crippen MR) is 118 cm³/mol. The van der Waals surface area contributed by atoms with Gasteiger partial charge in [-0.1, -0.05) is 27.7 Å². The van der Waals surface area contributed by atoms with Crippen molar-refractivity contribution in [3.05, 3.63) is 0 Å². The molecule has 0 unspecified atom stereocenters. The normalized spacial score (nSPS) is 62.0. The largest absolute Gasteiger partial charge is 0.393 e. The Morgan fingerprint density at radius 3 is 2.41 bits per heavy atom. The lowest BCUT2D eigenvalue weighted by atomic mass is 9.44. The van der Waals surface area contributed by atoms with Crippen molar-refractivity contribution < 1.29 is 5.11 Å². The zero-order valence-corrected chi connectivity index (χ0v) is 19.4. The van der Waals surface area contributed by atoms with Crippen molar-refractivity contribution in [2.24, 2.45) is 52.3 Å². The molecule has 0 aromatic rings. The van der Waals surface area contributed by atoms with Gasteiger partial charge < -0.3 is 5.11 Å². The molecule has 2 heteroatoms. The third-order valence-electron chi connectivity index (χ3n) is 12.3. The summed E-state index contributed by atoms with van der Waals surface area (Å²) in [6, 6.07) is 1.79. The zero-order valence-electron chi connectivity index (χ0n) is 19.4. The molecule has 2 heterocycles. The van der Waals surface area contributed by atoms with Crippen LogP contribution in [0.5, 0.6) is 0 Å². The van der Waals surface area contributed by atoms with Crippen LogP contribution in [0.4, 0.5) is 0 Å². The molecule has 164 valence electrons. The van der Waals surface area contributed by atoms with Crippen LogP contribution in [-0.4, -0.2) is 34.7 Å². The number of piperidine rings is 1. The first-order valence-corrected chi connectivity index (χ1v) is 13.3. The maximum absolute atomic E-state index is 10.3. The maximum Gasteiger partial charge on any atom is 0.0543 e. The molecule has 1 N–H and O–H groups in total. The fourth-order valence-corrected chi connectivity index (χ4v) is 11.0. The number of hydrogen-bond donors (Lipinski definition) is 1. The van der Waals surface area contributed by atoms with E-state index in [1.165, 1.54) is 57.9 Å². The molecule has 0 spiro atoms. The van der Waals surface area contributed by atoms with Crippen LogP contribution in [0.15, 0.2) is 0 Å². The van der Waals surface area contributed by atoms with E-state index in [-0.39, 0.29) is 6.10 Å². The van der Waals surface area contributed by atoms with E-state index >= 15 is 0 Å². The molecule has 2 nitrogen and oxygen atoms in total. The van der Waals surface area contributed by atoms with Crippen LogP contribution in [0.2, 0.25) is 0 Å². The van der Waals surface area contributed by atoms with Crippen LogP contribution in [0.1, 0.15) is 91.9 Å². The molecular formula is C27H45NO. The third kappa shape index (κ3) is 2.54. The Morgan fingerprint density at radius 2 is 1.59 bits per heavy atom. The van der Waals surface area contributed by atoms with E-state index in [4.69, 9.17) is 0 Å². The number of aliphatic hydroxyl groups is 1. The Kier molecular flexibility index (Phi) is 4.37. The quantitative estimate of drug-likeness (QED) is 0.562. The number of aliphatic hydroxyl groups excluding tert-OH is 1. The van der Waals surface area contributed by atoms with Gasteiger partial charge in [0.2, 0.25) is 0 Å². The van der Waals surface area contributed by atoms with E-state index < -0.39 is 0 Å². The minimum absolute atomic E-state index is 0.0109. The molecule has 6 aliphatic rings. The third-order valence-corrected chi connectivity index (χ3v) is 12.3. The van der Waals surface area contributed by atoms with Crippen molar-refractivity contribution >= 4 is 0 Å². The molecule has 2 saturated heterocycles. The van der Waals surface area contributed by atoms with Crippen LogP contribution < -0.4 is 0 Å². The highest BCUT2D eigenvalue weighted by Gasteiger charge is 2.66. The predicted octanol–water partition coefficient (Wildman–Crippen LogP) is 5.73. The van der Waals surface area contributed by atoms with Gasteiger partial charge in [0.05, 0.1) is 6.10 Å². The SMILES string of the molecule is C[C@H]1CC[C@H]2[C@@H](C)[C@H]3[C@H](C[C@H]4[C@@H]5CC[C@H]6C[C@@H](O)CC[C@]6(C)[C@H]5CC[C@]34C)N2C1. The second-order valence-electron chi connectivity index (χ2n) is 13.3. The summed E-state index contributed by atoms with van der Waals surface area (Å²) in [7, 11) is 0. The Balaban J connectivity index is 1.30. The summed E-state index contributed by atoms with van der Waals surface area (Å²) in [4.78, 5) is 3.03. The highest BCUT2D eigenvalue weighted by Crippen LogP contribution is 2.70. The van der Waals surface area contributed by atoms with Gasteiger partial charge in [0.1, 0.15) is 0 Å². The smallest absolute Gasteiger partial charge is 0.0543 e. The summed E-state index contributed by atoms with van der Waals surface area (Å²) in [5.74, 6) is 6.47. The molecule has 0 aromatic heterocycles. The minimum Gasteiger partial charge on any atom is -0.393 e. The van der Waals surface area contributed by atoms with E-state index in [1.807, 2.05) is 0 Å². The number of rotatable bonds is 0. The van der Waals surface area contributed by atoms with Gasteiger partial charge in [-0.3, -0.25) is 4.90 Å². The average Bonchev–Trinajstić information content (AvgIpc) is 3.15. The molecule has 6 rings (SSSR count). The van der Waals surface area contributed by atoms with Gasteiger partial charge >= 0.3 is 0 Å². The van der Waals surface area contributed by atoms with Crippen LogP contribution in [-0.2, 0) is 0 Å². The topological polar surface area (TPSA) is 23.5 Å². The van der Waals surface area contributed by atoms with E-state index in [1.54, 1.807) is 0 Å². The Hall–Kier alpha value is -0.0800. The minimum atomic E-state index is -0.0109. The van der Waals surface area contributed by atoms with Gasteiger partial charge in [-0.15, -0.1) is 0 Å². The van der Waals surface area contributed by atoms with Gasteiger partial charge in [-0.2, -0.15) is 0 Å². The molecule has 12 atom stereocenters. The van der Waals surface area contributed by atoms with E-state index in [2.05, 4.69) is 32.6 Å². The summed E-state index contributed by atoms with van der Waals surface area (Å²) >= 11 is 0. The van der Waals surface area contributed by atoms with E-state index in [0.717, 1.165) is 66.4 Å². The first-order valence-electron chi connectivity index (χ1n) is 13.3. The van der Waals surface area contributed by atoms with Crippen molar-refractivity contribution in [3.63, 3.8) is 0 Å². The Labute approximate surface area is 179 Å². The maximum atomic E-state index is 10.3. The van der Waals surface area contributed by atoms with Crippen LogP contribution in [0.3, 0.4) is 0 Å². The van der Waals surface area contributed by atoms with Crippen molar-refractivity contribution in [3.8, 4) is 0 Å². The molecule has 0 radical (unpaired) electrons. The molecule has 2 aliphatic heterocycles. The molecule has 0 amide bonds. The van der Waals surface area contributed by atoms with Crippen molar-refractivity contribution in [2.45, 2.75) is 110 Å². The lowest BCUT2D eigenvalue weighted by Gasteiger charge is -2.61. The fourth-order valence-electron chi connectivity index (χ4n) is 11.0. The highest BCUT2D eigenvalue weighted by atomic mass is 16.3.